The fourth-order valence-electron chi connectivity index (χ4n) is 3.72. The Balaban J connectivity index is 1.36. The van der Waals surface area contributed by atoms with E-state index in [1.807, 2.05) is 37.3 Å². The molecular formula is C22H24N2O4S. The van der Waals surface area contributed by atoms with Crippen LogP contribution in [0.1, 0.15) is 31.6 Å². The van der Waals surface area contributed by atoms with E-state index >= 15 is 0 Å². The first kappa shape index (κ1) is 19.7. The Labute approximate surface area is 170 Å². The van der Waals surface area contributed by atoms with Gasteiger partial charge in [0.2, 0.25) is 15.9 Å². The summed E-state index contributed by atoms with van der Waals surface area (Å²) >= 11 is 0. The van der Waals surface area contributed by atoms with Gasteiger partial charge in [-0.15, -0.1) is 0 Å². The van der Waals surface area contributed by atoms with Gasteiger partial charge in [0.05, 0.1) is 10.9 Å². The predicted molar refractivity (Wildman–Crippen MR) is 111 cm³/mol. The molecule has 1 aromatic heterocycles. The SMILES string of the molecule is CC(NC(=O)C1CCN(S(=O)(=O)c2ccccc2)CC1)c1cc2ccccc2o1. The fourth-order valence-corrected chi connectivity index (χ4v) is 5.21. The monoisotopic (exact) mass is 412 g/mol. The number of hydrogen-bond donors (Lipinski definition) is 1. The first-order chi connectivity index (χ1) is 13.9. The highest BCUT2D eigenvalue weighted by molar-refractivity contribution is 7.89. The van der Waals surface area contributed by atoms with Gasteiger partial charge in [-0.05, 0) is 44.0 Å². The Morgan fingerprint density at radius 1 is 1.07 bits per heavy atom. The van der Waals surface area contributed by atoms with E-state index < -0.39 is 10.0 Å². The second kappa shape index (κ2) is 8.00. The van der Waals surface area contributed by atoms with Gasteiger partial charge in [-0.1, -0.05) is 36.4 Å². The van der Waals surface area contributed by atoms with Crippen molar-refractivity contribution in [2.75, 3.05) is 13.1 Å². The Morgan fingerprint density at radius 2 is 1.72 bits per heavy atom. The number of benzene rings is 2. The Morgan fingerprint density at radius 3 is 2.41 bits per heavy atom. The van der Waals surface area contributed by atoms with Crippen molar-refractivity contribution in [2.45, 2.75) is 30.7 Å². The van der Waals surface area contributed by atoms with E-state index in [0.717, 1.165) is 11.0 Å². The first-order valence-corrected chi connectivity index (χ1v) is 11.2. The van der Waals surface area contributed by atoms with Gasteiger partial charge < -0.3 is 9.73 Å². The standard InChI is InChI=1S/C22H24N2O4S/c1-16(21-15-18-7-5-6-10-20(18)28-21)23-22(25)17-11-13-24(14-12-17)29(26,27)19-8-3-2-4-9-19/h2-10,15-17H,11-14H2,1H3,(H,23,25). The number of nitrogens with zero attached hydrogens (tertiary/aromatic N) is 1. The van der Waals surface area contributed by atoms with Gasteiger partial charge in [0, 0.05) is 24.4 Å². The number of carbonyl (C=O) groups is 1. The quantitative estimate of drug-likeness (QED) is 0.693. The number of hydrogen-bond acceptors (Lipinski definition) is 4. The minimum absolute atomic E-state index is 0.0604. The van der Waals surface area contributed by atoms with Crippen molar-refractivity contribution in [2.24, 2.45) is 5.92 Å². The molecule has 1 N–H and O–H groups in total. The summed E-state index contributed by atoms with van der Waals surface area (Å²) in [5, 5.41) is 4.01. The van der Waals surface area contributed by atoms with Gasteiger partial charge in [0.15, 0.2) is 0 Å². The molecule has 0 radical (unpaired) electrons. The molecule has 1 saturated heterocycles. The molecule has 0 aliphatic carbocycles. The van der Waals surface area contributed by atoms with Crippen molar-refractivity contribution in [1.29, 1.82) is 0 Å². The second-order valence-electron chi connectivity index (χ2n) is 7.41. The zero-order valence-electron chi connectivity index (χ0n) is 16.2. The Hall–Kier alpha value is -2.64. The van der Waals surface area contributed by atoms with Crippen molar-refractivity contribution in [3.05, 3.63) is 66.4 Å². The molecule has 2 heterocycles. The van der Waals surface area contributed by atoms with Gasteiger partial charge >= 0.3 is 0 Å². The Bertz CT molecular complexity index is 1070. The normalized spacial score (nSPS) is 17.3. The van der Waals surface area contributed by atoms with Crippen LogP contribution in [0.2, 0.25) is 0 Å². The molecule has 1 aliphatic rings. The lowest BCUT2D eigenvalue weighted by molar-refractivity contribution is -0.126. The molecule has 1 unspecified atom stereocenters. The van der Waals surface area contributed by atoms with Crippen molar-refractivity contribution >= 4 is 26.9 Å². The van der Waals surface area contributed by atoms with Crippen LogP contribution in [0.15, 0.2) is 70.0 Å². The summed E-state index contributed by atoms with van der Waals surface area (Å²) in [7, 11) is -3.51. The highest BCUT2D eigenvalue weighted by Gasteiger charge is 2.32. The summed E-state index contributed by atoms with van der Waals surface area (Å²) in [6.45, 7) is 2.58. The molecule has 1 aliphatic heterocycles. The van der Waals surface area contributed by atoms with Crippen LogP contribution in [0, 0.1) is 5.92 Å². The van der Waals surface area contributed by atoms with Crippen LogP contribution < -0.4 is 5.32 Å². The number of fused-ring (bicyclic) bond motifs is 1. The molecule has 0 bridgehead atoms. The number of nitrogens with one attached hydrogen (secondary N) is 1. The molecule has 2 aromatic carbocycles. The summed E-state index contributed by atoms with van der Waals surface area (Å²) in [6, 6.07) is 17.8. The maximum atomic E-state index is 12.7. The smallest absolute Gasteiger partial charge is 0.243 e. The number of furan rings is 1. The van der Waals surface area contributed by atoms with Crippen molar-refractivity contribution in [3.8, 4) is 0 Å². The van der Waals surface area contributed by atoms with E-state index in [4.69, 9.17) is 4.42 Å². The maximum Gasteiger partial charge on any atom is 0.243 e. The molecule has 0 spiro atoms. The lowest BCUT2D eigenvalue weighted by atomic mass is 9.97. The number of amides is 1. The van der Waals surface area contributed by atoms with E-state index in [9.17, 15) is 13.2 Å². The van der Waals surface area contributed by atoms with E-state index in [0.29, 0.717) is 36.6 Å². The molecule has 29 heavy (non-hydrogen) atoms. The van der Waals surface area contributed by atoms with Gasteiger partial charge in [0.1, 0.15) is 11.3 Å². The third-order valence-corrected chi connectivity index (χ3v) is 7.35. The topological polar surface area (TPSA) is 79.6 Å². The van der Waals surface area contributed by atoms with Gasteiger partial charge in [-0.25, -0.2) is 8.42 Å². The molecule has 152 valence electrons. The number of piperidine rings is 1. The minimum Gasteiger partial charge on any atom is -0.459 e. The summed E-state index contributed by atoms with van der Waals surface area (Å²) < 4.78 is 32.7. The lowest BCUT2D eigenvalue weighted by Crippen LogP contribution is -2.43. The minimum atomic E-state index is -3.51. The second-order valence-corrected chi connectivity index (χ2v) is 9.35. The number of para-hydroxylation sites is 1. The number of carbonyl (C=O) groups excluding carboxylic acids is 1. The third kappa shape index (κ3) is 4.06. The van der Waals surface area contributed by atoms with E-state index in [1.165, 1.54) is 4.31 Å². The molecule has 7 heteroatoms. The lowest BCUT2D eigenvalue weighted by Gasteiger charge is -2.31. The fraction of sp³-hybridized carbons (Fsp3) is 0.318. The zero-order chi connectivity index (χ0) is 20.4. The number of sulfonamides is 1. The van der Waals surface area contributed by atoms with E-state index in [2.05, 4.69) is 5.32 Å². The molecule has 4 rings (SSSR count). The molecule has 1 fully saturated rings. The van der Waals surface area contributed by atoms with Crippen molar-refractivity contribution in [1.82, 2.24) is 9.62 Å². The number of rotatable bonds is 5. The van der Waals surface area contributed by atoms with Crippen LogP contribution in [0.5, 0.6) is 0 Å². The molecule has 3 aromatic rings. The van der Waals surface area contributed by atoms with Gasteiger partial charge in [-0.3, -0.25) is 4.79 Å². The Kier molecular flexibility index (Phi) is 5.43. The largest absolute Gasteiger partial charge is 0.459 e. The summed E-state index contributed by atoms with van der Waals surface area (Å²) in [4.78, 5) is 13.0. The molecule has 6 nitrogen and oxygen atoms in total. The van der Waals surface area contributed by atoms with Crippen molar-refractivity contribution < 1.29 is 17.6 Å². The van der Waals surface area contributed by atoms with E-state index in [-0.39, 0.29) is 17.9 Å². The summed E-state index contributed by atoms with van der Waals surface area (Å²) in [5.41, 5.74) is 0.794. The molecular weight excluding hydrogens is 388 g/mol. The first-order valence-electron chi connectivity index (χ1n) is 9.79. The molecule has 1 atom stereocenters. The van der Waals surface area contributed by atoms with Crippen LogP contribution in [-0.2, 0) is 14.8 Å². The van der Waals surface area contributed by atoms with Crippen LogP contribution in [0.4, 0.5) is 0 Å². The van der Waals surface area contributed by atoms with Gasteiger partial charge in [-0.2, -0.15) is 4.31 Å². The van der Waals surface area contributed by atoms with Crippen LogP contribution in [0.3, 0.4) is 0 Å². The van der Waals surface area contributed by atoms with E-state index in [1.54, 1.807) is 30.3 Å². The third-order valence-electron chi connectivity index (χ3n) is 5.44. The average Bonchev–Trinajstić information content (AvgIpc) is 3.19. The average molecular weight is 413 g/mol. The van der Waals surface area contributed by atoms with Crippen LogP contribution >= 0.6 is 0 Å². The van der Waals surface area contributed by atoms with Crippen molar-refractivity contribution in [3.63, 3.8) is 0 Å². The van der Waals surface area contributed by atoms with Crippen LogP contribution in [0.25, 0.3) is 11.0 Å². The van der Waals surface area contributed by atoms with Crippen LogP contribution in [-0.4, -0.2) is 31.7 Å². The summed E-state index contributed by atoms with van der Waals surface area (Å²) in [6.07, 6.45) is 1.01. The molecule has 1 amide bonds. The maximum absolute atomic E-state index is 12.7. The zero-order valence-corrected chi connectivity index (χ0v) is 17.1. The molecule has 0 saturated carbocycles. The van der Waals surface area contributed by atoms with Gasteiger partial charge in [0.25, 0.3) is 0 Å². The predicted octanol–water partition coefficient (Wildman–Crippen LogP) is 3.71. The summed E-state index contributed by atoms with van der Waals surface area (Å²) in [5.74, 6) is 0.447. The highest BCUT2D eigenvalue weighted by Crippen LogP contribution is 2.26. The highest BCUT2D eigenvalue weighted by atomic mass is 32.2.